The molecule has 0 aliphatic heterocycles. The molecule has 0 radical (unpaired) electrons. The van der Waals surface area contributed by atoms with Crippen LogP contribution in [0.4, 0.5) is 9.18 Å². The molecule has 0 amide bonds. The third kappa shape index (κ3) is 3.82. The highest BCUT2D eigenvalue weighted by Gasteiger charge is 2.24. The Bertz CT molecular complexity index is 588. The molecule has 0 saturated heterocycles. The van der Waals surface area contributed by atoms with Crippen LogP contribution >= 0.6 is 0 Å². The lowest BCUT2D eigenvalue weighted by atomic mass is 10.0. The van der Waals surface area contributed by atoms with Crippen molar-refractivity contribution in [3.05, 3.63) is 59.9 Å². The van der Waals surface area contributed by atoms with E-state index >= 15 is 0 Å². The average Bonchev–Trinajstić information content (AvgIpc) is 3.23. The van der Waals surface area contributed by atoms with Gasteiger partial charge in [0.25, 0.3) is 0 Å². The standard InChI is InChI=1S/C15H13F.CH2O3/c16-15-10-13(11-6-7-11)8-9-14(15)12-4-2-1-3-5-12;2-1(3)4/h1-5,8-11H,6-7H2;(H2,2,3,4). The van der Waals surface area contributed by atoms with E-state index in [0.717, 1.165) is 11.1 Å². The second kappa shape index (κ2) is 6.19. The Labute approximate surface area is 116 Å². The van der Waals surface area contributed by atoms with Crippen LogP contribution in [-0.4, -0.2) is 16.4 Å². The minimum Gasteiger partial charge on any atom is -0.450 e. The molecular formula is C16H15FO3. The minimum absolute atomic E-state index is 0.101. The maximum Gasteiger partial charge on any atom is 0.503 e. The fourth-order valence-corrected chi connectivity index (χ4v) is 2.05. The number of carbonyl (C=O) groups is 1. The van der Waals surface area contributed by atoms with Crippen LogP contribution in [0.2, 0.25) is 0 Å². The molecule has 0 spiro atoms. The van der Waals surface area contributed by atoms with Gasteiger partial charge in [0.05, 0.1) is 0 Å². The first-order valence-electron chi connectivity index (χ1n) is 6.34. The summed E-state index contributed by atoms with van der Waals surface area (Å²) in [6.45, 7) is 0. The largest absolute Gasteiger partial charge is 0.503 e. The molecule has 0 bridgehead atoms. The Balaban J connectivity index is 0.000000328. The van der Waals surface area contributed by atoms with Gasteiger partial charge in [-0.05, 0) is 36.0 Å². The van der Waals surface area contributed by atoms with E-state index in [2.05, 4.69) is 6.07 Å². The smallest absolute Gasteiger partial charge is 0.450 e. The molecule has 0 heterocycles. The van der Waals surface area contributed by atoms with Gasteiger partial charge in [0.2, 0.25) is 0 Å². The SMILES string of the molecule is Fc1cc(C2CC2)ccc1-c1ccccc1.O=C(O)O. The van der Waals surface area contributed by atoms with E-state index in [4.69, 9.17) is 15.0 Å². The molecule has 2 N–H and O–H groups in total. The second-order valence-corrected chi connectivity index (χ2v) is 4.66. The first-order chi connectivity index (χ1) is 9.58. The summed E-state index contributed by atoms with van der Waals surface area (Å²) in [5.41, 5.74) is 2.80. The monoisotopic (exact) mass is 274 g/mol. The summed E-state index contributed by atoms with van der Waals surface area (Å²) >= 11 is 0. The third-order valence-electron chi connectivity index (χ3n) is 3.13. The molecule has 1 aliphatic carbocycles. The van der Waals surface area contributed by atoms with Crippen LogP contribution in [0.15, 0.2) is 48.5 Å². The molecule has 3 rings (SSSR count). The zero-order chi connectivity index (χ0) is 14.5. The molecular weight excluding hydrogens is 259 g/mol. The van der Waals surface area contributed by atoms with Crippen LogP contribution in [0.1, 0.15) is 24.3 Å². The van der Waals surface area contributed by atoms with Crippen molar-refractivity contribution < 1.29 is 19.4 Å². The van der Waals surface area contributed by atoms with Gasteiger partial charge in [-0.15, -0.1) is 0 Å². The van der Waals surface area contributed by atoms with Crippen LogP contribution < -0.4 is 0 Å². The number of hydrogen-bond donors (Lipinski definition) is 2. The van der Waals surface area contributed by atoms with Crippen molar-refractivity contribution in [2.24, 2.45) is 0 Å². The minimum atomic E-state index is -1.83. The van der Waals surface area contributed by atoms with Crippen LogP contribution in [0.25, 0.3) is 11.1 Å². The Kier molecular flexibility index (Phi) is 4.35. The van der Waals surface area contributed by atoms with Crippen LogP contribution in [0, 0.1) is 5.82 Å². The predicted octanol–water partition coefficient (Wildman–Crippen LogP) is 4.59. The van der Waals surface area contributed by atoms with Gasteiger partial charge >= 0.3 is 6.16 Å². The summed E-state index contributed by atoms with van der Waals surface area (Å²) < 4.78 is 13.9. The second-order valence-electron chi connectivity index (χ2n) is 4.66. The van der Waals surface area contributed by atoms with E-state index in [9.17, 15) is 4.39 Å². The van der Waals surface area contributed by atoms with Gasteiger partial charge in [-0.25, -0.2) is 9.18 Å². The van der Waals surface area contributed by atoms with E-state index in [-0.39, 0.29) is 5.82 Å². The van der Waals surface area contributed by atoms with Crippen molar-refractivity contribution in [2.45, 2.75) is 18.8 Å². The van der Waals surface area contributed by atoms with Gasteiger partial charge in [0.15, 0.2) is 0 Å². The highest BCUT2D eigenvalue weighted by molar-refractivity contribution is 5.64. The fourth-order valence-electron chi connectivity index (χ4n) is 2.05. The van der Waals surface area contributed by atoms with Crippen molar-refractivity contribution in [2.75, 3.05) is 0 Å². The van der Waals surface area contributed by atoms with Crippen molar-refractivity contribution >= 4 is 6.16 Å². The Morgan fingerprint density at radius 2 is 1.65 bits per heavy atom. The molecule has 2 aromatic carbocycles. The lowest BCUT2D eigenvalue weighted by Crippen LogP contribution is -1.87. The molecule has 0 atom stereocenters. The lowest BCUT2D eigenvalue weighted by molar-refractivity contribution is 0.137. The quantitative estimate of drug-likeness (QED) is 0.841. The molecule has 1 fully saturated rings. The zero-order valence-electron chi connectivity index (χ0n) is 10.8. The average molecular weight is 274 g/mol. The number of halogens is 1. The number of benzene rings is 2. The van der Waals surface area contributed by atoms with Gasteiger partial charge in [0, 0.05) is 5.56 Å². The van der Waals surface area contributed by atoms with Crippen molar-refractivity contribution in [3.8, 4) is 11.1 Å². The number of carboxylic acid groups (broad SMARTS) is 2. The normalized spacial score (nSPS) is 13.2. The summed E-state index contributed by atoms with van der Waals surface area (Å²) in [7, 11) is 0. The lowest BCUT2D eigenvalue weighted by Gasteiger charge is -2.05. The third-order valence-corrected chi connectivity index (χ3v) is 3.13. The zero-order valence-corrected chi connectivity index (χ0v) is 10.8. The number of hydrogen-bond acceptors (Lipinski definition) is 1. The molecule has 104 valence electrons. The summed E-state index contributed by atoms with van der Waals surface area (Å²) in [5.74, 6) is 0.509. The van der Waals surface area contributed by atoms with Gasteiger partial charge in [-0.1, -0.05) is 42.5 Å². The summed E-state index contributed by atoms with van der Waals surface area (Å²) in [4.78, 5) is 8.56. The van der Waals surface area contributed by atoms with Gasteiger partial charge < -0.3 is 10.2 Å². The summed E-state index contributed by atoms with van der Waals surface area (Å²) in [6.07, 6.45) is 0.592. The Morgan fingerprint density at radius 1 is 1.05 bits per heavy atom. The summed E-state index contributed by atoms with van der Waals surface area (Å²) in [6, 6.07) is 15.3. The highest BCUT2D eigenvalue weighted by atomic mass is 19.1. The molecule has 20 heavy (non-hydrogen) atoms. The van der Waals surface area contributed by atoms with E-state index in [1.54, 1.807) is 6.07 Å². The Morgan fingerprint density at radius 3 is 2.15 bits per heavy atom. The predicted molar refractivity (Wildman–Crippen MR) is 74.5 cm³/mol. The number of rotatable bonds is 2. The molecule has 0 aromatic heterocycles. The molecule has 4 heteroatoms. The van der Waals surface area contributed by atoms with E-state index in [1.165, 1.54) is 12.8 Å². The molecule has 1 aliphatic rings. The fraction of sp³-hybridized carbons (Fsp3) is 0.188. The van der Waals surface area contributed by atoms with E-state index in [0.29, 0.717) is 11.5 Å². The topological polar surface area (TPSA) is 57.5 Å². The summed E-state index contributed by atoms with van der Waals surface area (Å²) in [5, 5.41) is 13.9. The molecule has 0 unspecified atom stereocenters. The molecule has 3 nitrogen and oxygen atoms in total. The first kappa shape index (κ1) is 14.1. The van der Waals surface area contributed by atoms with Crippen molar-refractivity contribution in [3.63, 3.8) is 0 Å². The van der Waals surface area contributed by atoms with Crippen LogP contribution in [-0.2, 0) is 0 Å². The van der Waals surface area contributed by atoms with E-state index < -0.39 is 6.16 Å². The maximum atomic E-state index is 13.9. The highest BCUT2D eigenvalue weighted by Crippen LogP contribution is 2.41. The van der Waals surface area contributed by atoms with Crippen LogP contribution in [0.5, 0.6) is 0 Å². The van der Waals surface area contributed by atoms with Gasteiger partial charge in [-0.3, -0.25) is 0 Å². The maximum absolute atomic E-state index is 13.9. The van der Waals surface area contributed by atoms with Crippen molar-refractivity contribution in [1.29, 1.82) is 0 Å². The first-order valence-corrected chi connectivity index (χ1v) is 6.34. The van der Waals surface area contributed by atoms with Crippen molar-refractivity contribution in [1.82, 2.24) is 0 Å². The van der Waals surface area contributed by atoms with E-state index in [1.807, 2.05) is 36.4 Å². The molecule has 2 aromatic rings. The van der Waals surface area contributed by atoms with Crippen LogP contribution in [0.3, 0.4) is 0 Å². The van der Waals surface area contributed by atoms with Gasteiger partial charge in [0.1, 0.15) is 5.82 Å². The Hall–Kier alpha value is -2.36. The van der Waals surface area contributed by atoms with Gasteiger partial charge in [-0.2, -0.15) is 0 Å². The molecule has 1 saturated carbocycles.